The SMILES string of the molecule is C=CC[C@@H]1[C@H](COCc2ccccc2)CCC[C@@H]1O. The molecule has 0 heterocycles. The van der Waals surface area contributed by atoms with Gasteiger partial charge in [0.25, 0.3) is 0 Å². The third-order valence-electron chi connectivity index (χ3n) is 4.06. The highest BCUT2D eigenvalue weighted by molar-refractivity contribution is 5.13. The van der Waals surface area contributed by atoms with Crippen molar-refractivity contribution in [2.45, 2.75) is 38.4 Å². The normalized spacial score (nSPS) is 27.1. The number of aliphatic hydroxyl groups is 1. The average Bonchev–Trinajstić information content (AvgIpc) is 2.44. The van der Waals surface area contributed by atoms with Gasteiger partial charge < -0.3 is 9.84 Å². The predicted molar refractivity (Wildman–Crippen MR) is 77.7 cm³/mol. The van der Waals surface area contributed by atoms with Crippen LogP contribution in [0, 0.1) is 11.8 Å². The fourth-order valence-corrected chi connectivity index (χ4v) is 2.98. The van der Waals surface area contributed by atoms with Gasteiger partial charge in [-0.15, -0.1) is 6.58 Å². The van der Waals surface area contributed by atoms with Gasteiger partial charge in [-0.3, -0.25) is 0 Å². The molecule has 2 heteroatoms. The molecule has 2 rings (SSSR count). The molecule has 0 bridgehead atoms. The summed E-state index contributed by atoms with van der Waals surface area (Å²) in [6.45, 7) is 5.20. The third-order valence-corrected chi connectivity index (χ3v) is 4.06. The highest BCUT2D eigenvalue weighted by Crippen LogP contribution is 2.33. The lowest BCUT2D eigenvalue weighted by Gasteiger charge is -2.34. The Labute approximate surface area is 116 Å². The number of rotatable bonds is 6. The first kappa shape index (κ1) is 14.3. The molecule has 0 aromatic heterocycles. The lowest BCUT2D eigenvalue weighted by Crippen LogP contribution is -2.34. The van der Waals surface area contributed by atoms with Gasteiger partial charge in [-0.05, 0) is 36.7 Å². The molecule has 104 valence electrons. The van der Waals surface area contributed by atoms with Crippen molar-refractivity contribution in [1.82, 2.24) is 0 Å². The van der Waals surface area contributed by atoms with Crippen molar-refractivity contribution in [2.75, 3.05) is 6.61 Å². The van der Waals surface area contributed by atoms with Crippen LogP contribution in [0.1, 0.15) is 31.2 Å². The summed E-state index contributed by atoms with van der Waals surface area (Å²) in [5, 5.41) is 10.1. The van der Waals surface area contributed by atoms with Crippen LogP contribution in [0.2, 0.25) is 0 Å². The Morgan fingerprint density at radius 3 is 2.79 bits per heavy atom. The number of hydrogen-bond acceptors (Lipinski definition) is 2. The Bertz CT molecular complexity index is 374. The van der Waals surface area contributed by atoms with E-state index in [0.717, 1.165) is 32.3 Å². The highest BCUT2D eigenvalue weighted by atomic mass is 16.5. The standard InChI is InChI=1S/C17H24O2/c1-2-7-16-15(10-6-11-17(16)18)13-19-12-14-8-4-3-5-9-14/h2-5,8-9,15-18H,1,6-7,10-13H2/t15-,16+,17-/m0/s1. The monoisotopic (exact) mass is 260 g/mol. The topological polar surface area (TPSA) is 29.5 Å². The van der Waals surface area contributed by atoms with Gasteiger partial charge in [0, 0.05) is 0 Å². The van der Waals surface area contributed by atoms with Crippen LogP contribution in [0.5, 0.6) is 0 Å². The number of aliphatic hydroxyl groups excluding tert-OH is 1. The molecule has 0 radical (unpaired) electrons. The molecule has 1 fully saturated rings. The zero-order valence-corrected chi connectivity index (χ0v) is 11.5. The lowest BCUT2D eigenvalue weighted by atomic mass is 9.76. The van der Waals surface area contributed by atoms with E-state index in [2.05, 4.69) is 18.7 Å². The molecule has 1 aliphatic rings. The van der Waals surface area contributed by atoms with Gasteiger partial charge in [0.15, 0.2) is 0 Å². The molecule has 0 spiro atoms. The van der Waals surface area contributed by atoms with Crippen LogP contribution >= 0.6 is 0 Å². The molecule has 3 atom stereocenters. The highest BCUT2D eigenvalue weighted by Gasteiger charge is 2.31. The van der Waals surface area contributed by atoms with Crippen LogP contribution in [0.3, 0.4) is 0 Å². The van der Waals surface area contributed by atoms with Crippen LogP contribution in [-0.2, 0) is 11.3 Å². The van der Waals surface area contributed by atoms with Crippen molar-refractivity contribution in [3.8, 4) is 0 Å². The zero-order chi connectivity index (χ0) is 13.5. The van der Waals surface area contributed by atoms with E-state index in [1.807, 2.05) is 24.3 Å². The Hall–Kier alpha value is -1.12. The molecule has 0 aliphatic heterocycles. The predicted octanol–water partition coefficient (Wildman–Crippen LogP) is 3.56. The molecule has 1 aromatic carbocycles. The second-order valence-corrected chi connectivity index (χ2v) is 5.45. The maximum atomic E-state index is 10.1. The summed E-state index contributed by atoms with van der Waals surface area (Å²) in [6, 6.07) is 10.2. The van der Waals surface area contributed by atoms with Crippen molar-refractivity contribution in [2.24, 2.45) is 11.8 Å². The zero-order valence-electron chi connectivity index (χ0n) is 11.5. The van der Waals surface area contributed by atoms with Gasteiger partial charge in [0.05, 0.1) is 19.3 Å². The Kier molecular flexibility index (Phi) is 5.62. The van der Waals surface area contributed by atoms with Crippen molar-refractivity contribution < 1.29 is 9.84 Å². The molecule has 2 nitrogen and oxygen atoms in total. The quantitative estimate of drug-likeness (QED) is 0.793. The van der Waals surface area contributed by atoms with E-state index in [-0.39, 0.29) is 6.10 Å². The largest absolute Gasteiger partial charge is 0.393 e. The molecule has 19 heavy (non-hydrogen) atoms. The van der Waals surface area contributed by atoms with Crippen LogP contribution in [0.25, 0.3) is 0 Å². The fraction of sp³-hybridized carbons (Fsp3) is 0.529. The minimum Gasteiger partial charge on any atom is -0.393 e. The van der Waals surface area contributed by atoms with E-state index >= 15 is 0 Å². The Morgan fingerprint density at radius 2 is 2.05 bits per heavy atom. The summed E-state index contributed by atoms with van der Waals surface area (Å²) in [5.74, 6) is 0.785. The van der Waals surface area contributed by atoms with Gasteiger partial charge in [-0.25, -0.2) is 0 Å². The van der Waals surface area contributed by atoms with Crippen molar-refractivity contribution >= 4 is 0 Å². The van der Waals surface area contributed by atoms with Gasteiger partial charge >= 0.3 is 0 Å². The number of hydrogen-bond donors (Lipinski definition) is 1. The second kappa shape index (κ2) is 7.46. The van der Waals surface area contributed by atoms with E-state index in [4.69, 9.17) is 4.74 Å². The second-order valence-electron chi connectivity index (χ2n) is 5.45. The van der Waals surface area contributed by atoms with Crippen LogP contribution in [-0.4, -0.2) is 17.8 Å². The molecule has 0 saturated heterocycles. The average molecular weight is 260 g/mol. The van der Waals surface area contributed by atoms with Gasteiger partial charge in [0.2, 0.25) is 0 Å². The van der Waals surface area contributed by atoms with E-state index in [1.165, 1.54) is 5.56 Å². The first-order valence-corrected chi connectivity index (χ1v) is 7.22. The van der Waals surface area contributed by atoms with Crippen molar-refractivity contribution in [1.29, 1.82) is 0 Å². The van der Waals surface area contributed by atoms with E-state index in [9.17, 15) is 5.11 Å². The van der Waals surface area contributed by atoms with Gasteiger partial charge in [-0.2, -0.15) is 0 Å². The molecule has 0 amide bonds. The van der Waals surface area contributed by atoms with Crippen molar-refractivity contribution in [3.63, 3.8) is 0 Å². The maximum absolute atomic E-state index is 10.1. The molecule has 1 aromatic rings. The van der Waals surface area contributed by atoms with Gasteiger partial charge in [-0.1, -0.05) is 42.8 Å². The maximum Gasteiger partial charge on any atom is 0.0717 e. The first-order valence-electron chi connectivity index (χ1n) is 7.22. The summed E-state index contributed by atoms with van der Waals surface area (Å²) >= 11 is 0. The molecule has 1 saturated carbocycles. The summed E-state index contributed by atoms with van der Waals surface area (Å²) in [4.78, 5) is 0. The van der Waals surface area contributed by atoms with Crippen LogP contribution < -0.4 is 0 Å². The number of benzene rings is 1. The Balaban J connectivity index is 1.81. The van der Waals surface area contributed by atoms with E-state index in [1.54, 1.807) is 0 Å². The van der Waals surface area contributed by atoms with Gasteiger partial charge in [0.1, 0.15) is 0 Å². The molecule has 1 N–H and O–H groups in total. The molecule has 1 aliphatic carbocycles. The third kappa shape index (κ3) is 4.19. The van der Waals surface area contributed by atoms with Crippen molar-refractivity contribution in [3.05, 3.63) is 48.6 Å². The van der Waals surface area contributed by atoms with E-state index < -0.39 is 0 Å². The number of ether oxygens (including phenoxy) is 1. The Morgan fingerprint density at radius 1 is 1.26 bits per heavy atom. The summed E-state index contributed by atoms with van der Waals surface area (Å²) in [7, 11) is 0. The summed E-state index contributed by atoms with van der Waals surface area (Å²) in [6.07, 6.45) is 5.81. The van der Waals surface area contributed by atoms with E-state index in [0.29, 0.717) is 18.4 Å². The summed E-state index contributed by atoms with van der Waals surface area (Å²) in [5.41, 5.74) is 1.21. The molecular weight excluding hydrogens is 236 g/mol. The minimum absolute atomic E-state index is 0.183. The minimum atomic E-state index is -0.183. The first-order chi connectivity index (χ1) is 9.31. The lowest BCUT2D eigenvalue weighted by molar-refractivity contribution is -0.0127. The number of allylic oxidation sites excluding steroid dienone is 1. The summed E-state index contributed by atoms with van der Waals surface area (Å²) < 4.78 is 5.84. The van der Waals surface area contributed by atoms with Crippen LogP contribution in [0.15, 0.2) is 43.0 Å². The molecule has 0 unspecified atom stereocenters. The smallest absolute Gasteiger partial charge is 0.0717 e. The fourth-order valence-electron chi connectivity index (χ4n) is 2.98. The molecular formula is C17H24O2. The van der Waals surface area contributed by atoms with Crippen LogP contribution in [0.4, 0.5) is 0 Å².